The molecule has 1 aromatic carbocycles. The van der Waals surface area contributed by atoms with Crippen LogP contribution in [0.5, 0.6) is 0 Å². The highest BCUT2D eigenvalue weighted by Gasteiger charge is 2.16. The molecule has 0 amide bonds. The predicted octanol–water partition coefficient (Wildman–Crippen LogP) is 2.49. The quantitative estimate of drug-likeness (QED) is 0.810. The number of hydrogen-bond acceptors (Lipinski definition) is 4. The van der Waals surface area contributed by atoms with E-state index < -0.39 is 6.10 Å². The van der Waals surface area contributed by atoms with Gasteiger partial charge >= 0.3 is 0 Å². The molecule has 1 heterocycles. The van der Waals surface area contributed by atoms with Gasteiger partial charge in [-0.1, -0.05) is 50.5 Å². The Bertz CT molecular complexity index is 524. The van der Waals surface area contributed by atoms with Gasteiger partial charge in [0.25, 0.3) is 0 Å². The molecule has 5 heteroatoms. The predicted molar refractivity (Wildman–Crippen MR) is 73.3 cm³/mol. The van der Waals surface area contributed by atoms with Crippen LogP contribution in [0.15, 0.2) is 24.3 Å². The standard InChI is InChI=1S/C14H20N4O/c1-3-4-5-10-13(19)11-8-6-7-9-12(11)14-15-16-17-18(14)2/h6-9,13,19H,3-5,10H2,1-2H3. The number of aliphatic hydroxyl groups excluding tert-OH is 1. The normalized spacial score (nSPS) is 12.6. The van der Waals surface area contributed by atoms with Crippen molar-refractivity contribution in [2.45, 2.75) is 38.7 Å². The monoisotopic (exact) mass is 260 g/mol. The Morgan fingerprint density at radius 2 is 2.05 bits per heavy atom. The molecule has 0 aliphatic heterocycles. The minimum atomic E-state index is -0.459. The van der Waals surface area contributed by atoms with E-state index in [4.69, 9.17) is 0 Å². The third-order valence-corrected chi connectivity index (χ3v) is 3.26. The van der Waals surface area contributed by atoms with E-state index in [2.05, 4.69) is 22.4 Å². The molecule has 19 heavy (non-hydrogen) atoms. The molecule has 0 aliphatic rings. The zero-order chi connectivity index (χ0) is 13.7. The van der Waals surface area contributed by atoms with E-state index >= 15 is 0 Å². The van der Waals surface area contributed by atoms with Gasteiger partial charge in [0.2, 0.25) is 0 Å². The molecular weight excluding hydrogens is 240 g/mol. The van der Waals surface area contributed by atoms with Crippen molar-refractivity contribution in [1.82, 2.24) is 20.2 Å². The number of hydrogen-bond donors (Lipinski definition) is 1. The van der Waals surface area contributed by atoms with E-state index in [0.29, 0.717) is 5.82 Å². The van der Waals surface area contributed by atoms with E-state index in [1.54, 1.807) is 11.7 Å². The summed E-state index contributed by atoms with van der Waals surface area (Å²) in [6.07, 6.45) is 3.64. The summed E-state index contributed by atoms with van der Waals surface area (Å²) in [4.78, 5) is 0. The van der Waals surface area contributed by atoms with E-state index in [1.807, 2.05) is 24.3 Å². The van der Waals surface area contributed by atoms with Gasteiger partial charge in [-0.3, -0.25) is 0 Å². The molecule has 0 bridgehead atoms. The molecule has 1 aromatic heterocycles. The first-order valence-corrected chi connectivity index (χ1v) is 6.73. The zero-order valence-electron chi connectivity index (χ0n) is 11.5. The zero-order valence-corrected chi connectivity index (χ0v) is 11.5. The van der Waals surface area contributed by atoms with E-state index in [9.17, 15) is 5.11 Å². The number of rotatable bonds is 6. The van der Waals surface area contributed by atoms with Gasteiger partial charge in [-0.2, -0.15) is 0 Å². The van der Waals surface area contributed by atoms with Gasteiger partial charge in [-0.25, -0.2) is 4.68 Å². The molecule has 102 valence electrons. The van der Waals surface area contributed by atoms with Gasteiger partial charge in [-0.05, 0) is 22.4 Å². The number of aliphatic hydroxyl groups is 1. The van der Waals surface area contributed by atoms with Gasteiger partial charge in [0.1, 0.15) is 0 Å². The first kappa shape index (κ1) is 13.7. The summed E-state index contributed by atoms with van der Waals surface area (Å²) in [5, 5.41) is 21.9. The largest absolute Gasteiger partial charge is 0.388 e. The maximum absolute atomic E-state index is 10.3. The van der Waals surface area contributed by atoms with Gasteiger partial charge in [0.15, 0.2) is 5.82 Å². The second kappa shape index (κ2) is 6.43. The summed E-state index contributed by atoms with van der Waals surface area (Å²) in [7, 11) is 1.80. The first-order chi connectivity index (χ1) is 9.24. The lowest BCUT2D eigenvalue weighted by Crippen LogP contribution is -2.03. The van der Waals surface area contributed by atoms with Gasteiger partial charge < -0.3 is 5.11 Å². The smallest absolute Gasteiger partial charge is 0.182 e. The maximum atomic E-state index is 10.3. The van der Waals surface area contributed by atoms with Crippen molar-refractivity contribution in [1.29, 1.82) is 0 Å². The summed E-state index contributed by atoms with van der Waals surface area (Å²) >= 11 is 0. The maximum Gasteiger partial charge on any atom is 0.182 e. The molecule has 1 unspecified atom stereocenters. The molecule has 0 radical (unpaired) electrons. The van der Waals surface area contributed by atoms with Crippen molar-refractivity contribution in [3.05, 3.63) is 29.8 Å². The fourth-order valence-electron chi connectivity index (χ4n) is 2.19. The highest BCUT2D eigenvalue weighted by Crippen LogP contribution is 2.28. The van der Waals surface area contributed by atoms with Crippen LogP contribution in [-0.2, 0) is 7.05 Å². The summed E-state index contributed by atoms with van der Waals surface area (Å²) < 4.78 is 1.62. The summed E-state index contributed by atoms with van der Waals surface area (Å²) in [6.45, 7) is 2.16. The van der Waals surface area contributed by atoms with E-state index in [-0.39, 0.29) is 0 Å². The Balaban J connectivity index is 2.24. The van der Waals surface area contributed by atoms with Crippen LogP contribution in [0.3, 0.4) is 0 Å². The lowest BCUT2D eigenvalue weighted by atomic mass is 9.98. The van der Waals surface area contributed by atoms with Gasteiger partial charge in [0, 0.05) is 12.6 Å². The first-order valence-electron chi connectivity index (χ1n) is 6.73. The number of tetrazole rings is 1. The Hall–Kier alpha value is -1.75. The lowest BCUT2D eigenvalue weighted by molar-refractivity contribution is 0.164. The molecule has 5 nitrogen and oxygen atoms in total. The molecule has 0 aliphatic carbocycles. The Labute approximate surface area is 113 Å². The summed E-state index contributed by atoms with van der Waals surface area (Å²) in [5.41, 5.74) is 1.80. The minimum Gasteiger partial charge on any atom is -0.388 e. The number of nitrogens with zero attached hydrogens (tertiary/aromatic N) is 4. The van der Waals surface area contributed by atoms with Crippen LogP contribution >= 0.6 is 0 Å². The number of unbranched alkanes of at least 4 members (excludes halogenated alkanes) is 2. The van der Waals surface area contributed by atoms with Gasteiger partial charge in [0.05, 0.1) is 6.10 Å². The van der Waals surface area contributed by atoms with Crippen molar-refractivity contribution in [2.24, 2.45) is 7.05 Å². The second-order valence-corrected chi connectivity index (χ2v) is 4.72. The van der Waals surface area contributed by atoms with Crippen LogP contribution in [-0.4, -0.2) is 25.3 Å². The van der Waals surface area contributed by atoms with Crippen LogP contribution < -0.4 is 0 Å². The van der Waals surface area contributed by atoms with Crippen LogP contribution in [0.25, 0.3) is 11.4 Å². The van der Waals surface area contributed by atoms with Gasteiger partial charge in [-0.15, -0.1) is 5.10 Å². The van der Waals surface area contributed by atoms with Crippen LogP contribution in [0.1, 0.15) is 44.3 Å². The number of aryl methyl sites for hydroxylation is 1. The lowest BCUT2D eigenvalue weighted by Gasteiger charge is -2.14. The fraction of sp³-hybridized carbons (Fsp3) is 0.500. The van der Waals surface area contributed by atoms with Crippen LogP contribution in [0.4, 0.5) is 0 Å². The number of aromatic nitrogens is 4. The Morgan fingerprint density at radius 3 is 2.74 bits per heavy atom. The molecule has 0 spiro atoms. The van der Waals surface area contributed by atoms with Crippen molar-refractivity contribution < 1.29 is 5.11 Å². The van der Waals surface area contributed by atoms with Crippen LogP contribution in [0.2, 0.25) is 0 Å². The van der Waals surface area contributed by atoms with E-state index in [1.165, 1.54) is 0 Å². The fourth-order valence-corrected chi connectivity index (χ4v) is 2.19. The molecule has 0 fully saturated rings. The summed E-state index contributed by atoms with van der Waals surface area (Å²) in [6, 6.07) is 7.77. The topological polar surface area (TPSA) is 63.8 Å². The average Bonchev–Trinajstić information content (AvgIpc) is 2.85. The molecule has 1 N–H and O–H groups in total. The third kappa shape index (κ3) is 3.17. The van der Waals surface area contributed by atoms with E-state index in [0.717, 1.165) is 36.8 Å². The number of benzene rings is 1. The molecule has 1 atom stereocenters. The SMILES string of the molecule is CCCCCC(O)c1ccccc1-c1nnnn1C. The average molecular weight is 260 g/mol. The van der Waals surface area contributed by atoms with Crippen molar-refractivity contribution in [3.8, 4) is 11.4 Å². The minimum absolute atomic E-state index is 0.459. The van der Waals surface area contributed by atoms with Crippen LogP contribution in [0, 0.1) is 0 Å². The molecule has 2 rings (SSSR count). The second-order valence-electron chi connectivity index (χ2n) is 4.72. The highest BCUT2D eigenvalue weighted by molar-refractivity contribution is 5.60. The molecule has 2 aromatic rings. The third-order valence-electron chi connectivity index (χ3n) is 3.26. The molecule has 0 saturated carbocycles. The van der Waals surface area contributed by atoms with Crippen molar-refractivity contribution in [2.75, 3.05) is 0 Å². The summed E-state index contributed by atoms with van der Waals surface area (Å²) in [5.74, 6) is 0.685. The molecular formula is C14H20N4O. The Morgan fingerprint density at radius 1 is 1.26 bits per heavy atom. The highest BCUT2D eigenvalue weighted by atomic mass is 16.3. The molecule has 0 saturated heterocycles. The Kier molecular flexibility index (Phi) is 4.63. The van der Waals surface area contributed by atoms with Crippen molar-refractivity contribution >= 4 is 0 Å². The van der Waals surface area contributed by atoms with Crippen molar-refractivity contribution in [3.63, 3.8) is 0 Å².